The number of urea groups is 1. The summed E-state index contributed by atoms with van der Waals surface area (Å²) in [6, 6.07) is 8.19. The van der Waals surface area contributed by atoms with Gasteiger partial charge in [-0.05, 0) is 24.7 Å². The van der Waals surface area contributed by atoms with Crippen molar-refractivity contribution in [2.24, 2.45) is 0 Å². The van der Waals surface area contributed by atoms with Gasteiger partial charge in [-0.1, -0.05) is 12.1 Å². The molecule has 1 fully saturated rings. The van der Waals surface area contributed by atoms with Crippen molar-refractivity contribution in [1.29, 1.82) is 0 Å². The predicted octanol–water partition coefficient (Wildman–Crippen LogP) is 1.32. The van der Waals surface area contributed by atoms with Crippen LogP contribution in [0.25, 0.3) is 0 Å². The predicted molar refractivity (Wildman–Crippen MR) is 74.4 cm³/mol. The van der Waals surface area contributed by atoms with Crippen molar-refractivity contribution in [3.63, 3.8) is 0 Å². The van der Waals surface area contributed by atoms with Crippen LogP contribution in [-0.4, -0.2) is 56.7 Å². The summed E-state index contributed by atoms with van der Waals surface area (Å²) >= 11 is 0. The number of hydrogen-bond donors (Lipinski definition) is 1. The number of carbonyl (C=O) groups excluding carboxylic acids is 1. The molecule has 2 amide bonds. The van der Waals surface area contributed by atoms with Gasteiger partial charge < -0.3 is 19.9 Å². The van der Waals surface area contributed by atoms with E-state index < -0.39 is 0 Å². The average molecular weight is 263 g/mol. The second-order valence-electron chi connectivity index (χ2n) is 4.76. The third-order valence-corrected chi connectivity index (χ3v) is 3.57. The van der Waals surface area contributed by atoms with Crippen LogP contribution < -0.4 is 10.1 Å². The van der Waals surface area contributed by atoms with E-state index in [4.69, 9.17) is 4.74 Å². The van der Waals surface area contributed by atoms with E-state index in [9.17, 15) is 4.79 Å². The Morgan fingerprint density at radius 3 is 2.47 bits per heavy atom. The maximum atomic E-state index is 11.9. The molecule has 1 saturated heterocycles. The average Bonchev–Trinajstić information content (AvgIpc) is 2.76. The van der Waals surface area contributed by atoms with Gasteiger partial charge in [0.1, 0.15) is 5.75 Å². The van der Waals surface area contributed by atoms with Crippen molar-refractivity contribution in [3.8, 4) is 5.75 Å². The number of nitrogens with one attached hydrogen (secondary N) is 1. The molecular weight excluding hydrogens is 242 g/mol. The van der Waals surface area contributed by atoms with Crippen LogP contribution in [0, 0.1) is 0 Å². The second kappa shape index (κ2) is 5.93. The molecule has 1 unspecified atom stereocenters. The molecule has 0 spiro atoms. The first-order valence-electron chi connectivity index (χ1n) is 6.47. The summed E-state index contributed by atoms with van der Waals surface area (Å²) in [5.74, 6) is 0.843. The molecule has 5 heteroatoms. The second-order valence-corrected chi connectivity index (χ2v) is 4.76. The SMILES string of the molecule is CNC(CN1CCN(C)C1=O)c1ccc(OC)cc1. The highest BCUT2D eigenvalue weighted by molar-refractivity contribution is 5.76. The number of rotatable bonds is 5. The highest BCUT2D eigenvalue weighted by atomic mass is 16.5. The van der Waals surface area contributed by atoms with E-state index in [2.05, 4.69) is 5.32 Å². The number of hydrogen-bond acceptors (Lipinski definition) is 3. The van der Waals surface area contributed by atoms with Gasteiger partial charge in [-0.2, -0.15) is 0 Å². The molecule has 0 aromatic heterocycles. The Kier molecular flexibility index (Phi) is 4.27. The summed E-state index contributed by atoms with van der Waals surface area (Å²) in [5, 5.41) is 3.26. The summed E-state index contributed by atoms with van der Waals surface area (Å²) in [6.45, 7) is 2.29. The van der Waals surface area contributed by atoms with Gasteiger partial charge in [0.05, 0.1) is 7.11 Å². The van der Waals surface area contributed by atoms with Gasteiger partial charge in [-0.15, -0.1) is 0 Å². The van der Waals surface area contributed by atoms with Gasteiger partial charge in [-0.3, -0.25) is 0 Å². The van der Waals surface area contributed by atoms with E-state index in [-0.39, 0.29) is 12.1 Å². The Morgan fingerprint density at radius 1 is 1.32 bits per heavy atom. The Hall–Kier alpha value is -1.75. The number of benzene rings is 1. The van der Waals surface area contributed by atoms with Crippen LogP contribution in [0.15, 0.2) is 24.3 Å². The molecule has 2 rings (SSSR count). The lowest BCUT2D eigenvalue weighted by molar-refractivity contribution is 0.194. The van der Waals surface area contributed by atoms with Crippen LogP contribution in [0.1, 0.15) is 11.6 Å². The zero-order valence-electron chi connectivity index (χ0n) is 11.7. The third kappa shape index (κ3) is 2.98. The minimum atomic E-state index is 0.105. The van der Waals surface area contributed by atoms with Crippen LogP contribution in [0.3, 0.4) is 0 Å². The summed E-state index contributed by atoms with van der Waals surface area (Å²) in [6.07, 6.45) is 0. The van der Waals surface area contributed by atoms with Crippen LogP contribution in [0.5, 0.6) is 5.75 Å². The molecule has 5 nitrogen and oxygen atoms in total. The summed E-state index contributed by atoms with van der Waals surface area (Å²) < 4.78 is 5.16. The van der Waals surface area contributed by atoms with Crippen molar-refractivity contribution in [3.05, 3.63) is 29.8 Å². The van der Waals surface area contributed by atoms with Crippen molar-refractivity contribution < 1.29 is 9.53 Å². The smallest absolute Gasteiger partial charge is 0.319 e. The Labute approximate surface area is 114 Å². The van der Waals surface area contributed by atoms with Crippen molar-refractivity contribution in [2.75, 3.05) is 40.8 Å². The number of likely N-dealkylation sites (N-methyl/N-ethyl adjacent to an activating group) is 2. The molecule has 104 valence electrons. The topological polar surface area (TPSA) is 44.8 Å². The molecule has 1 heterocycles. The quantitative estimate of drug-likeness (QED) is 0.871. The normalized spacial score (nSPS) is 16.9. The highest BCUT2D eigenvalue weighted by Crippen LogP contribution is 2.20. The maximum Gasteiger partial charge on any atom is 0.319 e. The maximum absolute atomic E-state index is 11.9. The molecule has 1 aliphatic heterocycles. The van der Waals surface area contributed by atoms with Gasteiger partial charge in [-0.25, -0.2) is 4.79 Å². The van der Waals surface area contributed by atoms with E-state index in [0.717, 1.165) is 24.4 Å². The van der Waals surface area contributed by atoms with E-state index in [1.807, 2.05) is 43.3 Å². The van der Waals surface area contributed by atoms with E-state index >= 15 is 0 Å². The minimum absolute atomic E-state index is 0.105. The van der Waals surface area contributed by atoms with Gasteiger partial charge in [0, 0.05) is 32.7 Å². The zero-order chi connectivity index (χ0) is 13.8. The molecule has 0 radical (unpaired) electrons. The standard InChI is InChI=1S/C14H21N3O2/c1-15-13(10-17-9-8-16(2)14(17)18)11-4-6-12(19-3)7-5-11/h4-7,13,15H,8-10H2,1-3H3. The van der Waals surface area contributed by atoms with Crippen LogP contribution >= 0.6 is 0 Å². The molecule has 1 aromatic rings. The zero-order valence-corrected chi connectivity index (χ0v) is 11.7. The molecule has 0 bridgehead atoms. The number of methoxy groups -OCH3 is 1. The van der Waals surface area contributed by atoms with Crippen LogP contribution in [0.2, 0.25) is 0 Å². The lowest BCUT2D eigenvalue weighted by atomic mass is 10.1. The summed E-state index contributed by atoms with van der Waals surface area (Å²) in [5.41, 5.74) is 1.16. The first-order chi connectivity index (χ1) is 9.15. The molecule has 0 saturated carbocycles. The number of carbonyl (C=O) groups is 1. The molecule has 1 atom stereocenters. The lowest BCUT2D eigenvalue weighted by Crippen LogP contribution is -2.36. The van der Waals surface area contributed by atoms with E-state index in [1.54, 1.807) is 12.0 Å². The Balaban J connectivity index is 2.05. The minimum Gasteiger partial charge on any atom is -0.497 e. The number of nitrogens with zero attached hydrogens (tertiary/aromatic N) is 2. The van der Waals surface area contributed by atoms with Gasteiger partial charge in [0.25, 0.3) is 0 Å². The largest absolute Gasteiger partial charge is 0.497 e. The first kappa shape index (κ1) is 13.7. The van der Waals surface area contributed by atoms with Crippen LogP contribution in [0.4, 0.5) is 4.79 Å². The fourth-order valence-electron chi connectivity index (χ4n) is 2.29. The Bertz CT molecular complexity index is 433. The Morgan fingerprint density at radius 2 is 2.00 bits per heavy atom. The van der Waals surface area contributed by atoms with E-state index in [1.165, 1.54) is 0 Å². The number of ether oxygens (including phenoxy) is 1. The molecule has 1 N–H and O–H groups in total. The highest BCUT2D eigenvalue weighted by Gasteiger charge is 2.27. The van der Waals surface area contributed by atoms with Gasteiger partial charge >= 0.3 is 6.03 Å². The van der Waals surface area contributed by atoms with Crippen LogP contribution in [-0.2, 0) is 0 Å². The molecule has 19 heavy (non-hydrogen) atoms. The monoisotopic (exact) mass is 263 g/mol. The van der Waals surface area contributed by atoms with Gasteiger partial charge in [0.15, 0.2) is 0 Å². The molecule has 0 aliphatic carbocycles. The molecule has 1 aromatic carbocycles. The fraction of sp³-hybridized carbons (Fsp3) is 0.500. The molecule has 1 aliphatic rings. The number of amides is 2. The fourth-order valence-corrected chi connectivity index (χ4v) is 2.29. The van der Waals surface area contributed by atoms with Crippen molar-refractivity contribution in [1.82, 2.24) is 15.1 Å². The van der Waals surface area contributed by atoms with Crippen molar-refractivity contribution >= 4 is 6.03 Å². The van der Waals surface area contributed by atoms with Crippen molar-refractivity contribution in [2.45, 2.75) is 6.04 Å². The van der Waals surface area contributed by atoms with E-state index in [0.29, 0.717) is 6.54 Å². The van der Waals surface area contributed by atoms with Gasteiger partial charge in [0.2, 0.25) is 0 Å². The summed E-state index contributed by atoms with van der Waals surface area (Å²) in [7, 11) is 5.41. The first-order valence-corrected chi connectivity index (χ1v) is 6.47. The molecular formula is C14H21N3O2. The lowest BCUT2D eigenvalue weighted by Gasteiger charge is -2.23. The summed E-state index contributed by atoms with van der Waals surface area (Å²) in [4.78, 5) is 15.5. The third-order valence-electron chi connectivity index (χ3n) is 3.57.